The van der Waals surface area contributed by atoms with Crippen molar-refractivity contribution in [1.82, 2.24) is 25.0 Å². The van der Waals surface area contributed by atoms with Crippen LogP contribution in [0.1, 0.15) is 28.8 Å². The number of aromatic nitrogens is 3. The van der Waals surface area contributed by atoms with Crippen LogP contribution in [-0.2, 0) is 0 Å². The topological polar surface area (TPSA) is 63.1 Å². The predicted molar refractivity (Wildman–Crippen MR) is 88.7 cm³/mol. The van der Waals surface area contributed by atoms with Crippen LogP contribution in [0, 0.1) is 12.8 Å². The van der Waals surface area contributed by atoms with Gasteiger partial charge in [0.1, 0.15) is 12.7 Å². The molecule has 1 fully saturated rings. The van der Waals surface area contributed by atoms with Crippen LogP contribution in [-0.4, -0.2) is 52.3 Å². The van der Waals surface area contributed by atoms with E-state index < -0.39 is 0 Å². The molecule has 3 rings (SSSR count). The zero-order chi connectivity index (χ0) is 16.2. The Balaban J connectivity index is 1.71. The number of carbonyl (C=O) groups is 1. The van der Waals surface area contributed by atoms with Gasteiger partial charge in [0.15, 0.2) is 0 Å². The quantitative estimate of drug-likeness (QED) is 0.932. The summed E-state index contributed by atoms with van der Waals surface area (Å²) in [7, 11) is 1.98. The fraction of sp³-hybridized carbons (Fsp3) is 0.471. The maximum Gasteiger partial charge on any atom is 0.254 e. The summed E-state index contributed by atoms with van der Waals surface area (Å²) in [5.41, 5.74) is 2.67. The standard InChI is InChI=1S/C17H23N5O/c1-13-9-15(22-12-19-11-20-22)3-4-16(13)17(23)21-7-5-14(6-8-21)10-18-2/h3-4,9,11-12,14,18H,5-8,10H2,1-2H3. The average molecular weight is 313 g/mol. The molecule has 0 aliphatic carbocycles. The number of rotatable bonds is 4. The molecule has 0 bridgehead atoms. The van der Waals surface area contributed by atoms with Gasteiger partial charge >= 0.3 is 0 Å². The van der Waals surface area contributed by atoms with E-state index in [1.807, 2.05) is 37.1 Å². The summed E-state index contributed by atoms with van der Waals surface area (Å²) in [6, 6.07) is 5.80. The lowest BCUT2D eigenvalue weighted by Crippen LogP contribution is -2.40. The number of hydrogen-bond acceptors (Lipinski definition) is 4. The van der Waals surface area contributed by atoms with Gasteiger partial charge in [-0.1, -0.05) is 0 Å². The van der Waals surface area contributed by atoms with Crippen molar-refractivity contribution in [2.45, 2.75) is 19.8 Å². The Morgan fingerprint density at radius 1 is 1.35 bits per heavy atom. The molecule has 2 heterocycles. The van der Waals surface area contributed by atoms with E-state index in [1.165, 1.54) is 6.33 Å². The highest BCUT2D eigenvalue weighted by atomic mass is 16.2. The summed E-state index contributed by atoms with van der Waals surface area (Å²) in [6.45, 7) is 4.69. The molecule has 1 saturated heterocycles. The van der Waals surface area contributed by atoms with Crippen LogP contribution in [0.15, 0.2) is 30.9 Å². The number of nitrogens with zero attached hydrogens (tertiary/aromatic N) is 4. The number of benzene rings is 1. The minimum absolute atomic E-state index is 0.135. The number of piperidine rings is 1. The van der Waals surface area contributed by atoms with Gasteiger partial charge in [-0.3, -0.25) is 4.79 Å². The second-order valence-electron chi connectivity index (χ2n) is 6.13. The summed E-state index contributed by atoms with van der Waals surface area (Å²) in [5.74, 6) is 0.815. The molecule has 6 heteroatoms. The highest BCUT2D eigenvalue weighted by Gasteiger charge is 2.24. The zero-order valence-electron chi connectivity index (χ0n) is 13.7. The molecule has 0 spiro atoms. The van der Waals surface area contributed by atoms with Crippen LogP contribution in [0.25, 0.3) is 5.69 Å². The van der Waals surface area contributed by atoms with Crippen molar-refractivity contribution in [2.75, 3.05) is 26.7 Å². The predicted octanol–water partition coefficient (Wildman–Crippen LogP) is 1.65. The first-order valence-electron chi connectivity index (χ1n) is 8.08. The zero-order valence-corrected chi connectivity index (χ0v) is 13.7. The third kappa shape index (κ3) is 3.42. The van der Waals surface area contributed by atoms with Gasteiger partial charge in [0.05, 0.1) is 5.69 Å². The SMILES string of the molecule is CNCC1CCN(C(=O)c2ccc(-n3cncn3)cc2C)CC1. The van der Waals surface area contributed by atoms with Crippen LogP contribution in [0.3, 0.4) is 0 Å². The molecule has 0 radical (unpaired) electrons. The van der Waals surface area contributed by atoms with Crippen molar-refractivity contribution in [3.05, 3.63) is 42.0 Å². The molecule has 0 unspecified atom stereocenters. The number of nitrogens with one attached hydrogen (secondary N) is 1. The lowest BCUT2D eigenvalue weighted by Gasteiger charge is -2.32. The van der Waals surface area contributed by atoms with Gasteiger partial charge in [0.25, 0.3) is 5.91 Å². The Morgan fingerprint density at radius 3 is 2.74 bits per heavy atom. The van der Waals surface area contributed by atoms with Gasteiger partial charge in [-0.2, -0.15) is 5.10 Å². The number of carbonyl (C=O) groups excluding carboxylic acids is 1. The van der Waals surface area contributed by atoms with Crippen molar-refractivity contribution >= 4 is 5.91 Å². The fourth-order valence-corrected chi connectivity index (χ4v) is 3.17. The Hall–Kier alpha value is -2.21. The first-order chi connectivity index (χ1) is 11.2. The number of amides is 1. The minimum Gasteiger partial charge on any atom is -0.339 e. The Bertz CT molecular complexity index is 660. The highest BCUT2D eigenvalue weighted by Crippen LogP contribution is 2.21. The Kier molecular flexibility index (Phi) is 4.71. The van der Waals surface area contributed by atoms with Crippen LogP contribution in [0.2, 0.25) is 0 Å². The summed E-state index contributed by atoms with van der Waals surface area (Å²) in [5, 5.41) is 7.35. The number of hydrogen-bond donors (Lipinski definition) is 1. The van der Waals surface area contributed by atoms with E-state index in [0.29, 0.717) is 5.92 Å². The van der Waals surface area contributed by atoms with E-state index in [2.05, 4.69) is 15.4 Å². The van der Waals surface area contributed by atoms with Crippen molar-refractivity contribution in [1.29, 1.82) is 0 Å². The second-order valence-corrected chi connectivity index (χ2v) is 6.13. The van der Waals surface area contributed by atoms with Gasteiger partial charge in [-0.15, -0.1) is 0 Å². The van der Waals surface area contributed by atoms with Crippen molar-refractivity contribution < 1.29 is 4.79 Å². The normalized spacial score (nSPS) is 15.8. The van der Waals surface area contributed by atoms with E-state index in [1.54, 1.807) is 11.0 Å². The van der Waals surface area contributed by atoms with E-state index in [-0.39, 0.29) is 5.91 Å². The molecule has 0 atom stereocenters. The fourth-order valence-electron chi connectivity index (χ4n) is 3.17. The maximum absolute atomic E-state index is 12.8. The number of likely N-dealkylation sites (tertiary alicyclic amines) is 1. The smallest absolute Gasteiger partial charge is 0.254 e. The van der Waals surface area contributed by atoms with Crippen LogP contribution < -0.4 is 5.32 Å². The van der Waals surface area contributed by atoms with Gasteiger partial charge in [-0.05, 0) is 63.0 Å². The molecule has 1 N–H and O–H groups in total. The Morgan fingerprint density at radius 2 is 2.13 bits per heavy atom. The molecule has 0 saturated carbocycles. The summed E-state index contributed by atoms with van der Waals surface area (Å²) >= 11 is 0. The van der Waals surface area contributed by atoms with Crippen molar-refractivity contribution in [3.8, 4) is 5.69 Å². The molecule has 2 aromatic rings. The molecule has 1 amide bonds. The second kappa shape index (κ2) is 6.91. The molecule has 1 aliphatic rings. The maximum atomic E-state index is 12.8. The van der Waals surface area contributed by atoms with Gasteiger partial charge in [0, 0.05) is 18.7 Å². The summed E-state index contributed by atoms with van der Waals surface area (Å²) in [6.07, 6.45) is 5.30. The molecule has 6 nitrogen and oxygen atoms in total. The number of aryl methyl sites for hydroxylation is 1. The van der Waals surface area contributed by atoms with Crippen LogP contribution in [0.5, 0.6) is 0 Å². The third-order valence-electron chi connectivity index (χ3n) is 4.52. The summed E-state index contributed by atoms with van der Waals surface area (Å²) in [4.78, 5) is 18.7. The lowest BCUT2D eigenvalue weighted by molar-refractivity contribution is 0.0690. The van der Waals surface area contributed by atoms with E-state index >= 15 is 0 Å². The van der Waals surface area contributed by atoms with E-state index in [9.17, 15) is 4.79 Å². The monoisotopic (exact) mass is 313 g/mol. The van der Waals surface area contributed by atoms with Gasteiger partial charge in [0.2, 0.25) is 0 Å². The molecular weight excluding hydrogens is 290 g/mol. The first kappa shape index (κ1) is 15.7. The molecule has 1 aliphatic heterocycles. The van der Waals surface area contributed by atoms with E-state index in [4.69, 9.17) is 0 Å². The molecule has 1 aromatic heterocycles. The first-order valence-corrected chi connectivity index (χ1v) is 8.08. The highest BCUT2D eigenvalue weighted by molar-refractivity contribution is 5.96. The van der Waals surface area contributed by atoms with E-state index in [0.717, 1.165) is 49.3 Å². The average Bonchev–Trinajstić information content (AvgIpc) is 3.10. The molecule has 1 aromatic carbocycles. The lowest BCUT2D eigenvalue weighted by atomic mass is 9.96. The van der Waals surface area contributed by atoms with Gasteiger partial charge in [-0.25, -0.2) is 9.67 Å². The van der Waals surface area contributed by atoms with Crippen molar-refractivity contribution in [3.63, 3.8) is 0 Å². The van der Waals surface area contributed by atoms with Crippen LogP contribution in [0.4, 0.5) is 0 Å². The molecular formula is C17H23N5O. The van der Waals surface area contributed by atoms with Crippen molar-refractivity contribution in [2.24, 2.45) is 5.92 Å². The largest absolute Gasteiger partial charge is 0.339 e. The third-order valence-corrected chi connectivity index (χ3v) is 4.52. The van der Waals surface area contributed by atoms with Gasteiger partial charge < -0.3 is 10.2 Å². The van der Waals surface area contributed by atoms with Crippen LogP contribution >= 0.6 is 0 Å². The Labute approximate surface area is 136 Å². The molecule has 122 valence electrons. The minimum atomic E-state index is 0.135. The molecule has 23 heavy (non-hydrogen) atoms. The summed E-state index contributed by atoms with van der Waals surface area (Å²) < 4.78 is 1.70.